The topological polar surface area (TPSA) is 45.2 Å². The summed E-state index contributed by atoms with van der Waals surface area (Å²) in [5.41, 5.74) is 3.35. The lowest BCUT2D eigenvalue weighted by atomic mass is 9.86. The second-order valence-electron chi connectivity index (χ2n) is 7.42. The van der Waals surface area contributed by atoms with Crippen LogP contribution in [0.15, 0.2) is 42.6 Å². The van der Waals surface area contributed by atoms with Crippen LogP contribution in [0.3, 0.4) is 0 Å². The van der Waals surface area contributed by atoms with Crippen LogP contribution in [0.5, 0.6) is 0 Å². The summed E-state index contributed by atoms with van der Waals surface area (Å²) in [6.45, 7) is 9.55. The monoisotopic (exact) mass is 339 g/mol. The van der Waals surface area contributed by atoms with Gasteiger partial charge in [0.15, 0.2) is 0 Å². The Labute approximate surface area is 151 Å². The zero-order valence-corrected chi connectivity index (χ0v) is 16.0. The lowest BCUT2D eigenvalue weighted by molar-refractivity contribution is 0.102. The summed E-state index contributed by atoms with van der Waals surface area (Å²) >= 11 is 0. The Hall–Kier alpha value is -2.36. The summed E-state index contributed by atoms with van der Waals surface area (Å²) in [5, 5.41) is 3.02. The molecule has 2 aromatic rings. The first-order chi connectivity index (χ1) is 11.8. The van der Waals surface area contributed by atoms with Gasteiger partial charge in [-0.15, -0.1) is 0 Å². The first-order valence-electron chi connectivity index (χ1n) is 8.91. The van der Waals surface area contributed by atoms with Gasteiger partial charge in [-0.2, -0.15) is 0 Å². The standard InChI is InChI=1S/C21H29N3O/c1-6-7-14-24(5)16-12-13-22-19(15-16)20(25)23-18-11-9-8-10-17(18)21(2,3)4/h8-13,15H,6-7,14H2,1-5H3,(H,23,25). The van der Waals surface area contributed by atoms with Crippen molar-refractivity contribution in [2.45, 2.75) is 46.0 Å². The Kier molecular flexibility index (Phi) is 6.18. The number of pyridine rings is 1. The molecule has 0 aliphatic rings. The molecular formula is C21H29N3O. The Bertz CT molecular complexity index is 719. The molecule has 4 heteroatoms. The first-order valence-corrected chi connectivity index (χ1v) is 8.91. The summed E-state index contributed by atoms with van der Waals surface area (Å²) in [6.07, 6.45) is 3.97. The number of para-hydroxylation sites is 1. The van der Waals surface area contributed by atoms with E-state index in [1.807, 2.05) is 37.4 Å². The van der Waals surface area contributed by atoms with Crippen molar-refractivity contribution in [3.8, 4) is 0 Å². The molecule has 0 atom stereocenters. The molecule has 1 N–H and O–H groups in total. The number of hydrogen-bond donors (Lipinski definition) is 1. The second-order valence-corrected chi connectivity index (χ2v) is 7.42. The Balaban J connectivity index is 2.20. The molecule has 0 radical (unpaired) electrons. The fourth-order valence-electron chi connectivity index (χ4n) is 2.74. The van der Waals surface area contributed by atoms with Gasteiger partial charge < -0.3 is 10.2 Å². The fraction of sp³-hybridized carbons (Fsp3) is 0.429. The number of nitrogens with one attached hydrogen (secondary N) is 1. The molecule has 0 spiro atoms. The highest BCUT2D eigenvalue weighted by atomic mass is 16.1. The number of nitrogens with zero attached hydrogens (tertiary/aromatic N) is 2. The molecule has 0 fully saturated rings. The number of carbonyl (C=O) groups is 1. The van der Waals surface area contributed by atoms with Gasteiger partial charge in [0, 0.05) is 31.2 Å². The van der Waals surface area contributed by atoms with Crippen LogP contribution < -0.4 is 10.2 Å². The van der Waals surface area contributed by atoms with Crippen LogP contribution in [0.25, 0.3) is 0 Å². The predicted molar refractivity (Wildman–Crippen MR) is 106 cm³/mol. The van der Waals surface area contributed by atoms with Crippen LogP contribution in [0.2, 0.25) is 0 Å². The third kappa shape index (κ3) is 5.05. The Morgan fingerprint density at radius 3 is 2.60 bits per heavy atom. The lowest BCUT2D eigenvalue weighted by Crippen LogP contribution is -2.21. The predicted octanol–water partition coefficient (Wildman–Crippen LogP) is 4.87. The number of anilines is 2. The van der Waals surface area contributed by atoms with Crippen LogP contribution in [0.4, 0.5) is 11.4 Å². The number of rotatable bonds is 6. The Morgan fingerprint density at radius 2 is 1.92 bits per heavy atom. The highest BCUT2D eigenvalue weighted by Crippen LogP contribution is 2.29. The molecule has 2 rings (SSSR count). The quantitative estimate of drug-likeness (QED) is 0.817. The number of aromatic nitrogens is 1. The molecule has 0 saturated carbocycles. The average molecular weight is 339 g/mol. The van der Waals surface area contributed by atoms with Gasteiger partial charge in [-0.25, -0.2) is 0 Å². The maximum absolute atomic E-state index is 12.7. The van der Waals surface area contributed by atoms with Crippen molar-refractivity contribution >= 4 is 17.3 Å². The van der Waals surface area contributed by atoms with Gasteiger partial charge in [0.1, 0.15) is 5.69 Å². The number of carbonyl (C=O) groups excluding carboxylic acids is 1. The highest BCUT2D eigenvalue weighted by molar-refractivity contribution is 6.03. The summed E-state index contributed by atoms with van der Waals surface area (Å²) in [6, 6.07) is 11.7. The SMILES string of the molecule is CCCCN(C)c1ccnc(C(=O)Nc2ccccc2C(C)(C)C)c1. The van der Waals surface area contributed by atoms with Gasteiger partial charge in [0.2, 0.25) is 0 Å². The summed E-state index contributed by atoms with van der Waals surface area (Å²) in [5.74, 6) is -0.178. The molecule has 4 nitrogen and oxygen atoms in total. The summed E-state index contributed by atoms with van der Waals surface area (Å²) < 4.78 is 0. The number of benzene rings is 1. The zero-order chi connectivity index (χ0) is 18.4. The van der Waals surface area contributed by atoms with E-state index in [4.69, 9.17) is 0 Å². The van der Waals surface area contributed by atoms with Crippen molar-refractivity contribution in [2.75, 3.05) is 23.8 Å². The molecule has 0 saturated heterocycles. The van der Waals surface area contributed by atoms with Gasteiger partial charge in [0.05, 0.1) is 0 Å². The van der Waals surface area contributed by atoms with Crippen LogP contribution >= 0.6 is 0 Å². The molecule has 25 heavy (non-hydrogen) atoms. The van der Waals surface area contributed by atoms with Gasteiger partial charge >= 0.3 is 0 Å². The molecule has 0 unspecified atom stereocenters. The molecule has 1 amide bonds. The van der Waals surface area contributed by atoms with Crippen LogP contribution in [-0.4, -0.2) is 24.5 Å². The number of hydrogen-bond acceptors (Lipinski definition) is 3. The van der Waals surface area contributed by atoms with E-state index in [1.54, 1.807) is 6.20 Å². The number of amides is 1. The van der Waals surface area contributed by atoms with E-state index in [-0.39, 0.29) is 11.3 Å². The van der Waals surface area contributed by atoms with E-state index < -0.39 is 0 Å². The summed E-state index contributed by atoms with van der Waals surface area (Å²) in [4.78, 5) is 19.1. The largest absolute Gasteiger partial charge is 0.374 e. The highest BCUT2D eigenvalue weighted by Gasteiger charge is 2.19. The Morgan fingerprint density at radius 1 is 1.20 bits per heavy atom. The van der Waals surface area contributed by atoms with Gasteiger partial charge in [0.25, 0.3) is 5.91 Å². The van der Waals surface area contributed by atoms with E-state index in [0.717, 1.165) is 36.3 Å². The van der Waals surface area contributed by atoms with E-state index in [1.165, 1.54) is 0 Å². The average Bonchev–Trinajstić information content (AvgIpc) is 2.59. The molecule has 134 valence electrons. The van der Waals surface area contributed by atoms with Crippen molar-refractivity contribution in [1.82, 2.24) is 4.98 Å². The van der Waals surface area contributed by atoms with Crippen molar-refractivity contribution in [2.24, 2.45) is 0 Å². The minimum Gasteiger partial charge on any atom is -0.374 e. The van der Waals surface area contributed by atoms with Gasteiger partial charge in [-0.05, 0) is 35.6 Å². The molecular weight excluding hydrogens is 310 g/mol. The normalized spacial score (nSPS) is 11.2. The van der Waals surface area contributed by atoms with Crippen molar-refractivity contribution < 1.29 is 4.79 Å². The van der Waals surface area contributed by atoms with Crippen molar-refractivity contribution in [1.29, 1.82) is 0 Å². The smallest absolute Gasteiger partial charge is 0.274 e. The molecule has 1 aromatic carbocycles. The maximum Gasteiger partial charge on any atom is 0.274 e. The van der Waals surface area contributed by atoms with Crippen LogP contribution in [0.1, 0.15) is 56.6 Å². The zero-order valence-electron chi connectivity index (χ0n) is 16.0. The molecule has 1 aromatic heterocycles. The third-order valence-electron chi connectivity index (χ3n) is 4.25. The van der Waals surface area contributed by atoms with Gasteiger partial charge in [-0.3, -0.25) is 9.78 Å². The number of unbranched alkanes of at least 4 members (excludes halogenated alkanes) is 1. The lowest BCUT2D eigenvalue weighted by Gasteiger charge is -2.23. The van der Waals surface area contributed by atoms with Crippen LogP contribution in [-0.2, 0) is 5.41 Å². The van der Waals surface area contributed by atoms with Crippen molar-refractivity contribution in [3.05, 3.63) is 53.9 Å². The minimum absolute atomic E-state index is 0.0421. The summed E-state index contributed by atoms with van der Waals surface area (Å²) in [7, 11) is 2.04. The van der Waals surface area contributed by atoms with E-state index in [0.29, 0.717) is 5.69 Å². The maximum atomic E-state index is 12.7. The molecule has 0 aliphatic heterocycles. The fourth-order valence-corrected chi connectivity index (χ4v) is 2.74. The van der Waals surface area contributed by atoms with E-state index in [2.05, 4.69) is 49.0 Å². The van der Waals surface area contributed by atoms with E-state index in [9.17, 15) is 4.79 Å². The van der Waals surface area contributed by atoms with Crippen LogP contribution in [0, 0.1) is 0 Å². The third-order valence-corrected chi connectivity index (χ3v) is 4.25. The second kappa shape index (κ2) is 8.15. The first kappa shape index (κ1) is 19.0. The van der Waals surface area contributed by atoms with E-state index >= 15 is 0 Å². The molecule has 0 aliphatic carbocycles. The minimum atomic E-state index is -0.178. The molecule has 0 bridgehead atoms. The molecule has 1 heterocycles. The van der Waals surface area contributed by atoms with Crippen molar-refractivity contribution in [3.63, 3.8) is 0 Å². The van der Waals surface area contributed by atoms with Gasteiger partial charge in [-0.1, -0.05) is 52.3 Å².